The first-order valence-corrected chi connectivity index (χ1v) is 12.0. The van der Waals surface area contributed by atoms with Gasteiger partial charge in [0, 0.05) is 49.1 Å². The molecule has 0 bridgehead atoms. The quantitative estimate of drug-likeness (QED) is 0.545. The van der Waals surface area contributed by atoms with Gasteiger partial charge in [0.2, 0.25) is 5.91 Å². The molecule has 2 atom stereocenters. The van der Waals surface area contributed by atoms with Crippen LogP contribution in [-0.2, 0) is 19.9 Å². The fourth-order valence-electron chi connectivity index (χ4n) is 5.44. The number of amides is 2. The minimum atomic E-state index is -5.00. The van der Waals surface area contributed by atoms with E-state index in [1.165, 1.54) is 35.2 Å². The van der Waals surface area contributed by atoms with Crippen LogP contribution >= 0.6 is 15.9 Å². The Balaban J connectivity index is 1.63. The standard InChI is InChI=1S/C25H25BrF4N2O3/c1-35-24(25(28,29)30,17-3-2-4-18(26)13-17)22(34)32-11-9-23(10-12-32)14-21(33)31-15-20(23)16-5-7-19(27)8-6-16/h2-8,13,20H,9-12,14-15H2,1H3,(H,31,33)/t20-,24+/m0/s1. The van der Waals surface area contributed by atoms with Gasteiger partial charge in [-0.2, -0.15) is 13.2 Å². The van der Waals surface area contributed by atoms with Crippen LogP contribution in [0.2, 0.25) is 0 Å². The third-order valence-corrected chi connectivity index (χ3v) is 7.80. The Hall–Kier alpha value is -2.46. The van der Waals surface area contributed by atoms with E-state index in [0.717, 1.165) is 12.7 Å². The van der Waals surface area contributed by atoms with Gasteiger partial charge in [-0.3, -0.25) is 9.59 Å². The summed E-state index contributed by atoms with van der Waals surface area (Å²) in [5.74, 6) is -1.84. The molecule has 5 nitrogen and oxygen atoms in total. The van der Waals surface area contributed by atoms with Crippen molar-refractivity contribution in [1.82, 2.24) is 10.2 Å². The lowest BCUT2D eigenvalue weighted by atomic mass is 9.62. The number of carbonyl (C=O) groups is 2. The van der Waals surface area contributed by atoms with Gasteiger partial charge in [0.25, 0.3) is 11.5 Å². The van der Waals surface area contributed by atoms with Crippen molar-refractivity contribution in [3.05, 3.63) is 69.9 Å². The molecule has 2 aromatic rings. The molecule has 35 heavy (non-hydrogen) atoms. The number of nitrogens with one attached hydrogen (secondary N) is 1. The number of methoxy groups -OCH3 is 1. The average Bonchev–Trinajstić information content (AvgIpc) is 2.80. The lowest BCUT2D eigenvalue weighted by Crippen LogP contribution is -2.60. The summed E-state index contributed by atoms with van der Waals surface area (Å²) < 4.78 is 62.2. The predicted molar refractivity (Wildman–Crippen MR) is 124 cm³/mol. The Kier molecular flexibility index (Phi) is 6.98. The van der Waals surface area contributed by atoms with Crippen LogP contribution in [-0.4, -0.2) is 49.6 Å². The summed E-state index contributed by atoms with van der Waals surface area (Å²) in [6.07, 6.45) is -4.14. The van der Waals surface area contributed by atoms with Crippen LogP contribution in [0.15, 0.2) is 53.0 Å². The van der Waals surface area contributed by atoms with E-state index in [2.05, 4.69) is 21.2 Å². The molecule has 4 rings (SSSR count). The van der Waals surface area contributed by atoms with Crippen molar-refractivity contribution in [3.63, 3.8) is 0 Å². The average molecular weight is 557 g/mol. The third-order valence-electron chi connectivity index (χ3n) is 7.31. The number of carbonyl (C=O) groups excluding carboxylic acids is 2. The number of hydrogen-bond acceptors (Lipinski definition) is 3. The van der Waals surface area contributed by atoms with E-state index in [9.17, 15) is 27.2 Å². The molecule has 0 radical (unpaired) electrons. The Bertz CT molecular complexity index is 1100. The number of piperidine rings is 2. The SMILES string of the molecule is CO[C@@](C(=O)N1CCC2(CC1)CC(=O)NC[C@H]2c1ccc(F)cc1)(c1cccc(Br)c1)C(F)(F)F. The molecule has 1 spiro atoms. The highest BCUT2D eigenvalue weighted by atomic mass is 79.9. The highest BCUT2D eigenvalue weighted by Crippen LogP contribution is 2.50. The number of nitrogens with zero attached hydrogens (tertiary/aromatic N) is 1. The first-order valence-electron chi connectivity index (χ1n) is 11.2. The summed E-state index contributed by atoms with van der Waals surface area (Å²) in [6, 6.07) is 11.5. The van der Waals surface area contributed by atoms with Gasteiger partial charge in [-0.1, -0.05) is 40.2 Å². The maximum absolute atomic E-state index is 14.4. The Morgan fingerprint density at radius 2 is 1.80 bits per heavy atom. The first-order chi connectivity index (χ1) is 16.5. The Labute approximate surface area is 208 Å². The van der Waals surface area contributed by atoms with E-state index in [1.807, 2.05) is 0 Å². The second kappa shape index (κ2) is 9.54. The van der Waals surface area contributed by atoms with Gasteiger partial charge in [-0.05, 0) is 48.1 Å². The van der Waals surface area contributed by atoms with Crippen LogP contribution < -0.4 is 5.32 Å². The van der Waals surface area contributed by atoms with Crippen LogP contribution in [0.1, 0.15) is 36.3 Å². The minimum Gasteiger partial charge on any atom is -0.356 e. The normalized spacial score (nSPS) is 21.9. The van der Waals surface area contributed by atoms with E-state index in [1.54, 1.807) is 18.2 Å². The molecule has 2 saturated heterocycles. The van der Waals surface area contributed by atoms with Crippen molar-refractivity contribution in [3.8, 4) is 0 Å². The second-order valence-corrected chi connectivity index (χ2v) is 10.0. The van der Waals surface area contributed by atoms with Crippen LogP contribution in [0, 0.1) is 11.2 Å². The van der Waals surface area contributed by atoms with Crippen LogP contribution in [0.25, 0.3) is 0 Å². The maximum atomic E-state index is 14.4. The van der Waals surface area contributed by atoms with Crippen molar-refractivity contribution in [2.24, 2.45) is 5.41 Å². The molecule has 2 aromatic carbocycles. The summed E-state index contributed by atoms with van der Waals surface area (Å²) >= 11 is 3.17. The summed E-state index contributed by atoms with van der Waals surface area (Å²) in [5.41, 5.74) is -3.15. The summed E-state index contributed by atoms with van der Waals surface area (Å²) in [6.45, 7) is 0.430. The van der Waals surface area contributed by atoms with Crippen molar-refractivity contribution in [2.45, 2.75) is 37.0 Å². The van der Waals surface area contributed by atoms with E-state index in [-0.39, 0.29) is 42.7 Å². The van der Waals surface area contributed by atoms with Crippen molar-refractivity contribution in [1.29, 1.82) is 0 Å². The number of likely N-dealkylation sites (tertiary alicyclic amines) is 1. The van der Waals surface area contributed by atoms with Crippen molar-refractivity contribution >= 4 is 27.7 Å². The molecule has 2 aliphatic rings. The molecule has 188 valence electrons. The smallest absolute Gasteiger partial charge is 0.356 e. The highest BCUT2D eigenvalue weighted by Gasteiger charge is 2.64. The van der Waals surface area contributed by atoms with Gasteiger partial charge in [-0.15, -0.1) is 0 Å². The molecule has 0 aromatic heterocycles. The molecule has 1 N–H and O–H groups in total. The minimum absolute atomic E-state index is 0.0407. The summed E-state index contributed by atoms with van der Waals surface area (Å²) in [7, 11) is 0.883. The molecule has 2 heterocycles. The van der Waals surface area contributed by atoms with E-state index in [4.69, 9.17) is 4.74 Å². The van der Waals surface area contributed by atoms with Gasteiger partial charge in [-0.25, -0.2) is 4.39 Å². The van der Waals surface area contributed by atoms with Gasteiger partial charge in [0.05, 0.1) is 0 Å². The molecule has 2 aliphatic heterocycles. The molecule has 0 aliphatic carbocycles. The number of halogens is 5. The molecule has 2 fully saturated rings. The number of ether oxygens (including phenoxy) is 1. The lowest BCUT2D eigenvalue weighted by molar-refractivity contribution is -0.271. The van der Waals surface area contributed by atoms with Gasteiger partial charge < -0.3 is 15.0 Å². The lowest BCUT2D eigenvalue weighted by Gasteiger charge is -2.50. The van der Waals surface area contributed by atoms with E-state index >= 15 is 0 Å². The zero-order valence-electron chi connectivity index (χ0n) is 19.0. The molecule has 10 heteroatoms. The Morgan fingerprint density at radius 1 is 1.14 bits per heavy atom. The zero-order chi connectivity index (χ0) is 25.4. The molecule has 0 unspecified atom stereocenters. The monoisotopic (exact) mass is 556 g/mol. The number of alkyl halides is 3. The fraction of sp³-hybridized carbons (Fsp3) is 0.440. The third kappa shape index (κ3) is 4.58. The van der Waals surface area contributed by atoms with E-state index < -0.39 is 23.1 Å². The molecule has 2 amide bonds. The maximum Gasteiger partial charge on any atom is 0.430 e. The van der Waals surface area contributed by atoms with Crippen molar-refractivity contribution < 1.29 is 31.9 Å². The van der Waals surface area contributed by atoms with Gasteiger partial charge in [0.1, 0.15) is 5.82 Å². The van der Waals surface area contributed by atoms with E-state index in [0.29, 0.717) is 23.9 Å². The van der Waals surface area contributed by atoms with Crippen molar-refractivity contribution in [2.75, 3.05) is 26.7 Å². The predicted octanol–water partition coefficient (Wildman–Crippen LogP) is 4.90. The van der Waals surface area contributed by atoms with Gasteiger partial charge in [0.15, 0.2) is 0 Å². The first kappa shape index (κ1) is 25.6. The number of hydrogen-bond donors (Lipinski definition) is 1. The van der Waals surface area contributed by atoms with Gasteiger partial charge >= 0.3 is 6.18 Å². The Morgan fingerprint density at radius 3 is 2.37 bits per heavy atom. The number of benzene rings is 2. The molecular formula is C25H25BrF4N2O3. The molecular weight excluding hydrogens is 532 g/mol. The fourth-order valence-corrected chi connectivity index (χ4v) is 5.84. The zero-order valence-corrected chi connectivity index (χ0v) is 20.6. The molecule has 0 saturated carbocycles. The second-order valence-electron chi connectivity index (χ2n) is 9.13. The van der Waals surface area contributed by atoms with Crippen LogP contribution in [0.4, 0.5) is 17.6 Å². The topological polar surface area (TPSA) is 58.6 Å². The van der Waals surface area contributed by atoms with Crippen LogP contribution in [0.5, 0.6) is 0 Å². The van der Waals surface area contributed by atoms with Crippen LogP contribution in [0.3, 0.4) is 0 Å². The number of rotatable bonds is 4. The summed E-state index contributed by atoms with van der Waals surface area (Å²) in [4.78, 5) is 27.0. The highest BCUT2D eigenvalue weighted by molar-refractivity contribution is 9.10. The largest absolute Gasteiger partial charge is 0.430 e. The summed E-state index contributed by atoms with van der Waals surface area (Å²) in [5, 5.41) is 2.84.